The maximum Gasteiger partial charge on any atom is 0.260 e. The second-order valence-corrected chi connectivity index (χ2v) is 7.48. The van der Waals surface area contributed by atoms with E-state index >= 15 is 0 Å². The van der Waals surface area contributed by atoms with Crippen LogP contribution in [0.2, 0.25) is 5.02 Å². The van der Waals surface area contributed by atoms with Crippen molar-refractivity contribution in [1.29, 1.82) is 0 Å². The molecule has 2 aromatic carbocycles. The summed E-state index contributed by atoms with van der Waals surface area (Å²) in [5, 5.41) is 0.633. The van der Waals surface area contributed by atoms with Crippen molar-refractivity contribution in [3.05, 3.63) is 64.9 Å². The molecular weight excluding hydrogens is 367 g/mol. The van der Waals surface area contributed by atoms with E-state index in [1.807, 2.05) is 24.0 Å². The Labute approximate surface area is 164 Å². The number of hydrogen-bond acceptors (Lipinski definition) is 3. The first-order valence-electron chi connectivity index (χ1n) is 9.08. The van der Waals surface area contributed by atoms with Gasteiger partial charge in [0.2, 0.25) is 0 Å². The zero-order chi connectivity index (χ0) is 19.4. The van der Waals surface area contributed by atoms with Crippen LogP contribution in [0.5, 0.6) is 5.75 Å². The van der Waals surface area contributed by atoms with Crippen molar-refractivity contribution >= 4 is 17.5 Å². The van der Waals surface area contributed by atoms with Crippen molar-refractivity contribution in [2.45, 2.75) is 32.5 Å². The van der Waals surface area contributed by atoms with E-state index in [4.69, 9.17) is 16.3 Å². The number of halogens is 2. The molecule has 1 saturated heterocycles. The summed E-state index contributed by atoms with van der Waals surface area (Å²) in [4.78, 5) is 16.8. The summed E-state index contributed by atoms with van der Waals surface area (Å²) in [7, 11) is 0. The van der Waals surface area contributed by atoms with Crippen LogP contribution in [-0.4, -0.2) is 47.5 Å². The van der Waals surface area contributed by atoms with E-state index in [1.165, 1.54) is 12.1 Å². The fraction of sp³-hybridized carbons (Fsp3) is 0.381. The van der Waals surface area contributed by atoms with Crippen LogP contribution >= 0.6 is 11.6 Å². The molecule has 144 valence electrons. The van der Waals surface area contributed by atoms with E-state index in [9.17, 15) is 9.18 Å². The SMILES string of the molecule is C[C@@H]1CN(Cc2ccc(F)cc2)[C@@H](C)CN1C(=O)COc1ccc(Cl)cc1. The third-order valence-corrected chi connectivity index (χ3v) is 5.16. The molecule has 0 saturated carbocycles. The minimum Gasteiger partial charge on any atom is -0.484 e. The topological polar surface area (TPSA) is 32.8 Å². The Morgan fingerprint density at radius 1 is 1.07 bits per heavy atom. The summed E-state index contributed by atoms with van der Waals surface area (Å²) >= 11 is 5.86. The zero-order valence-corrected chi connectivity index (χ0v) is 16.3. The normalized spacial score (nSPS) is 20.5. The number of ether oxygens (including phenoxy) is 1. The molecule has 6 heteroatoms. The van der Waals surface area contributed by atoms with Crippen molar-refractivity contribution < 1.29 is 13.9 Å². The third-order valence-electron chi connectivity index (χ3n) is 4.91. The zero-order valence-electron chi connectivity index (χ0n) is 15.6. The van der Waals surface area contributed by atoms with Gasteiger partial charge >= 0.3 is 0 Å². The highest BCUT2D eigenvalue weighted by Gasteiger charge is 2.32. The van der Waals surface area contributed by atoms with Crippen molar-refractivity contribution in [3.63, 3.8) is 0 Å². The third kappa shape index (κ3) is 5.21. The second kappa shape index (κ2) is 8.72. The van der Waals surface area contributed by atoms with Gasteiger partial charge in [0.15, 0.2) is 6.61 Å². The number of carbonyl (C=O) groups is 1. The Balaban J connectivity index is 1.54. The summed E-state index contributed by atoms with van der Waals surface area (Å²) in [5.41, 5.74) is 1.07. The Morgan fingerprint density at radius 2 is 1.74 bits per heavy atom. The monoisotopic (exact) mass is 390 g/mol. The molecule has 1 aliphatic rings. The van der Waals surface area contributed by atoms with Crippen molar-refractivity contribution in [3.8, 4) is 5.75 Å². The highest BCUT2D eigenvalue weighted by atomic mass is 35.5. The van der Waals surface area contributed by atoms with Gasteiger partial charge in [-0.1, -0.05) is 23.7 Å². The van der Waals surface area contributed by atoms with Gasteiger partial charge in [0, 0.05) is 36.7 Å². The number of nitrogens with zero attached hydrogens (tertiary/aromatic N) is 2. The number of hydrogen-bond donors (Lipinski definition) is 0. The number of carbonyl (C=O) groups excluding carboxylic acids is 1. The lowest BCUT2D eigenvalue weighted by atomic mass is 10.1. The molecule has 2 atom stereocenters. The molecule has 0 N–H and O–H groups in total. The highest BCUT2D eigenvalue weighted by Crippen LogP contribution is 2.20. The lowest BCUT2D eigenvalue weighted by molar-refractivity contribution is -0.139. The van der Waals surface area contributed by atoms with Gasteiger partial charge in [-0.3, -0.25) is 9.69 Å². The van der Waals surface area contributed by atoms with Crippen LogP contribution in [0.3, 0.4) is 0 Å². The van der Waals surface area contributed by atoms with Crippen LogP contribution in [-0.2, 0) is 11.3 Å². The van der Waals surface area contributed by atoms with Crippen LogP contribution < -0.4 is 4.74 Å². The van der Waals surface area contributed by atoms with Gasteiger partial charge in [0.1, 0.15) is 11.6 Å². The summed E-state index contributed by atoms with van der Waals surface area (Å²) in [6.45, 7) is 6.32. The smallest absolute Gasteiger partial charge is 0.260 e. The lowest BCUT2D eigenvalue weighted by Gasteiger charge is -2.44. The molecule has 1 fully saturated rings. The van der Waals surface area contributed by atoms with Crippen molar-refractivity contribution in [2.75, 3.05) is 19.7 Å². The van der Waals surface area contributed by atoms with Gasteiger partial charge in [-0.2, -0.15) is 0 Å². The molecule has 27 heavy (non-hydrogen) atoms. The van der Waals surface area contributed by atoms with Crippen molar-refractivity contribution in [1.82, 2.24) is 9.80 Å². The fourth-order valence-corrected chi connectivity index (χ4v) is 3.48. The van der Waals surface area contributed by atoms with E-state index in [-0.39, 0.29) is 30.4 Å². The molecule has 4 nitrogen and oxygen atoms in total. The first-order valence-corrected chi connectivity index (χ1v) is 9.46. The molecule has 2 aromatic rings. The molecule has 1 heterocycles. The lowest BCUT2D eigenvalue weighted by Crippen LogP contribution is -2.58. The Hall–Kier alpha value is -2.11. The first kappa shape index (κ1) is 19.6. The van der Waals surface area contributed by atoms with Gasteiger partial charge < -0.3 is 9.64 Å². The van der Waals surface area contributed by atoms with Crippen LogP contribution in [0.25, 0.3) is 0 Å². The standard InChI is InChI=1S/C21H24ClFN2O2/c1-15-12-25(21(26)14-27-20-9-5-18(22)6-10-20)16(2)11-24(15)13-17-3-7-19(23)8-4-17/h3-10,15-16H,11-14H2,1-2H3/t15-,16+/m0/s1. The largest absolute Gasteiger partial charge is 0.484 e. The molecule has 0 bridgehead atoms. The summed E-state index contributed by atoms with van der Waals surface area (Å²) < 4.78 is 18.7. The van der Waals surface area contributed by atoms with Crippen molar-refractivity contribution in [2.24, 2.45) is 0 Å². The van der Waals surface area contributed by atoms with Gasteiger partial charge in [-0.25, -0.2) is 4.39 Å². The number of rotatable bonds is 5. The number of benzene rings is 2. The number of piperazine rings is 1. The Morgan fingerprint density at radius 3 is 2.41 bits per heavy atom. The molecule has 0 aromatic heterocycles. The maximum absolute atomic E-state index is 13.1. The summed E-state index contributed by atoms with van der Waals surface area (Å²) in [6, 6.07) is 13.9. The predicted molar refractivity (Wildman–Crippen MR) is 104 cm³/mol. The van der Waals surface area contributed by atoms with E-state index in [1.54, 1.807) is 24.3 Å². The fourth-order valence-electron chi connectivity index (χ4n) is 3.35. The molecule has 0 spiro atoms. The van der Waals surface area contributed by atoms with E-state index < -0.39 is 0 Å². The van der Waals surface area contributed by atoms with Crippen LogP contribution in [0.15, 0.2) is 48.5 Å². The van der Waals surface area contributed by atoms with Gasteiger partial charge in [0.25, 0.3) is 5.91 Å². The predicted octanol–water partition coefficient (Wildman–Crippen LogP) is 3.98. The average Bonchev–Trinajstić information content (AvgIpc) is 2.65. The minimum absolute atomic E-state index is 0.0106. The average molecular weight is 391 g/mol. The van der Waals surface area contributed by atoms with Crippen LogP contribution in [0.4, 0.5) is 4.39 Å². The van der Waals surface area contributed by atoms with Crippen LogP contribution in [0.1, 0.15) is 19.4 Å². The van der Waals surface area contributed by atoms with Gasteiger partial charge in [0.05, 0.1) is 0 Å². The quantitative estimate of drug-likeness (QED) is 0.774. The second-order valence-electron chi connectivity index (χ2n) is 7.04. The molecular formula is C21H24ClFN2O2. The van der Waals surface area contributed by atoms with Gasteiger partial charge in [-0.05, 0) is 55.8 Å². The van der Waals surface area contributed by atoms with E-state index in [0.717, 1.165) is 18.7 Å². The number of amides is 1. The Bertz CT molecular complexity index is 767. The van der Waals surface area contributed by atoms with Gasteiger partial charge in [-0.15, -0.1) is 0 Å². The molecule has 0 radical (unpaired) electrons. The molecule has 0 unspecified atom stereocenters. The minimum atomic E-state index is -0.226. The Kier molecular flexibility index (Phi) is 6.34. The summed E-state index contributed by atoms with van der Waals surface area (Å²) in [5.74, 6) is 0.380. The van der Waals surface area contributed by atoms with Crippen LogP contribution in [0, 0.1) is 5.82 Å². The highest BCUT2D eigenvalue weighted by molar-refractivity contribution is 6.30. The summed E-state index contributed by atoms with van der Waals surface area (Å²) in [6.07, 6.45) is 0. The van der Waals surface area contributed by atoms with E-state index in [2.05, 4.69) is 11.8 Å². The molecule has 1 aliphatic heterocycles. The molecule has 3 rings (SSSR count). The van der Waals surface area contributed by atoms with E-state index in [0.29, 0.717) is 17.3 Å². The molecule has 1 amide bonds. The maximum atomic E-state index is 13.1. The first-order chi connectivity index (χ1) is 12.9. The molecule has 0 aliphatic carbocycles.